The number of para-hydroxylation sites is 1. The van der Waals surface area contributed by atoms with E-state index in [1.165, 1.54) is 5.69 Å². The number of hydrogen-bond acceptors (Lipinski definition) is 4. The van der Waals surface area contributed by atoms with E-state index in [2.05, 4.69) is 22.0 Å². The number of carbonyl (C=O) groups excluding carboxylic acids is 1. The Kier molecular flexibility index (Phi) is 4.39. The standard InChI is InChI=1S/C21H22N4O2/c1-15-20(26)23(2)19-9-8-16(14-18(19)22-15)21(27)25-12-10-24(11-13-25)17-6-4-3-5-7-17/h3-9,14H,10-13H2,1-2H3. The van der Waals surface area contributed by atoms with Crippen molar-refractivity contribution < 1.29 is 4.79 Å². The third-order valence-electron chi connectivity index (χ3n) is 5.17. The van der Waals surface area contributed by atoms with E-state index in [1.807, 2.05) is 23.1 Å². The Bertz CT molecular complexity index is 1050. The Morgan fingerprint density at radius 1 is 1.00 bits per heavy atom. The lowest BCUT2D eigenvalue weighted by Gasteiger charge is -2.36. The molecule has 27 heavy (non-hydrogen) atoms. The molecule has 1 aromatic heterocycles. The van der Waals surface area contributed by atoms with Crippen LogP contribution in [0.5, 0.6) is 0 Å². The van der Waals surface area contributed by atoms with Crippen molar-refractivity contribution in [1.82, 2.24) is 14.5 Å². The quantitative estimate of drug-likeness (QED) is 0.701. The summed E-state index contributed by atoms with van der Waals surface area (Å²) in [5.74, 6) is 0.0120. The minimum Gasteiger partial charge on any atom is -0.368 e. The average molecular weight is 362 g/mol. The highest BCUT2D eigenvalue weighted by Gasteiger charge is 2.22. The summed E-state index contributed by atoms with van der Waals surface area (Å²) in [7, 11) is 1.73. The molecule has 0 atom stereocenters. The van der Waals surface area contributed by atoms with Gasteiger partial charge in [-0.15, -0.1) is 0 Å². The molecule has 1 amide bonds. The van der Waals surface area contributed by atoms with E-state index in [-0.39, 0.29) is 11.5 Å². The first-order valence-electron chi connectivity index (χ1n) is 9.11. The Morgan fingerprint density at radius 3 is 2.41 bits per heavy atom. The van der Waals surface area contributed by atoms with E-state index < -0.39 is 0 Å². The van der Waals surface area contributed by atoms with Crippen molar-refractivity contribution in [3.05, 3.63) is 70.1 Å². The van der Waals surface area contributed by atoms with Crippen molar-refractivity contribution in [3.8, 4) is 0 Å². The van der Waals surface area contributed by atoms with Gasteiger partial charge in [0, 0.05) is 44.5 Å². The molecule has 1 aliphatic rings. The number of anilines is 1. The van der Waals surface area contributed by atoms with E-state index in [1.54, 1.807) is 36.7 Å². The lowest BCUT2D eigenvalue weighted by atomic mass is 10.1. The van der Waals surface area contributed by atoms with Gasteiger partial charge in [-0.3, -0.25) is 9.59 Å². The first-order valence-corrected chi connectivity index (χ1v) is 9.11. The van der Waals surface area contributed by atoms with Gasteiger partial charge >= 0.3 is 0 Å². The van der Waals surface area contributed by atoms with E-state index >= 15 is 0 Å². The van der Waals surface area contributed by atoms with Crippen molar-refractivity contribution in [2.75, 3.05) is 31.1 Å². The molecule has 0 N–H and O–H groups in total. The van der Waals surface area contributed by atoms with Crippen molar-refractivity contribution in [2.24, 2.45) is 7.05 Å². The Morgan fingerprint density at radius 2 is 1.70 bits per heavy atom. The molecule has 0 spiro atoms. The third-order valence-corrected chi connectivity index (χ3v) is 5.17. The third kappa shape index (κ3) is 3.18. The largest absolute Gasteiger partial charge is 0.368 e. The molecule has 1 aliphatic heterocycles. The van der Waals surface area contributed by atoms with Gasteiger partial charge in [0.05, 0.1) is 11.0 Å². The van der Waals surface area contributed by atoms with Crippen molar-refractivity contribution in [2.45, 2.75) is 6.92 Å². The SMILES string of the molecule is Cc1nc2cc(C(=O)N3CCN(c4ccccc4)CC3)ccc2n(C)c1=O. The Hall–Kier alpha value is -3.15. The molecule has 0 aliphatic carbocycles. The number of hydrogen-bond donors (Lipinski definition) is 0. The topological polar surface area (TPSA) is 58.4 Å². The molecule has 2 heterocycles. The summed E-state index contributed by atoms with van der Waals surface area (Å²) in [5, 5.41) is 0. The minimum atomic E-state index is -0.112. The summed E-state index contributed by atoms with van der Waals surface area (Å²) in [6.45, 7) is 4.69. The highest BCUT2D eigenvalue weighted by molar-refractivity contribution is 5.97. The van der Waals surface area contributed by atoms with Crippen molar-refractivity contribution in [1.29, 1.82) is 0 Å². The number of rotatable bonds is 2. The van der Waals surface area contributed by atoms with Crippen LogP contribution in [-0.2, 0) is 7.05 Å². The van der Waals surface area contributed by atoms with E-state index in [0.717, 1.165) is 18.6 Å². The predicted octanol–water partition coefficient (Wildman–Crippen LogP) is 2.20. The summed E-state index contributed by atoms with van der Waals surface area (Å²) in [4.78, 5) is 33.5. The van der Waals surface area contributed by atoms with Gasteiger partial charge in [0.25, 0.3) is 11.5 Å². The molecule has 6 nitrogen and oxygen atoms in total. The number of fused-ring (bicyclic) bond motifs is 1. The number of piperazine rings is 1. The second-order valence-electron chi connectivity index (χ2n) is 6.88. The number of aromatic nitrogens is 2. The van der Waals surface area contributed by atoms with E-state index in [0.29, 0.717) is 29.9 Å². The highest BCUT2D eigenvalue weighted by atomic mass is 16.2. The van der Waals surface area contributed by atoms with Crippen LogP contribution in [0.15, 0.2) is 53.3 Å². The molecule has 1 fully saturated rings. The molecule has 0 saturated carbocycles. The van der Waals surface area contributed by atoms with Gasteiger partial charge < -0.3 is 14.4 Å². The second kappa shape index (κ2) is 6.87. The number of carbonyl (C=O) groups is 1. The summed E-state index contributed by atoms with van der Waals surface area (Å²) in [5.41, 5.74) is 3.53. The summed E-state index contributed by atoms with van der Waals surface area (Å²) < 4.78 is 1.57. The van der Waals surface area contributed by atoms with Gasteiger partial charge in [-0.25, -0.2) is 4.98 Å². The molecule has 2 aromatic carbocycles. The van der Waals surface area contributed by atoms with Gasteiger partial charge in [-0.05, 0) is 37.3 Å². The maximum Gasteiger partial charge on any atom is 0.272 e. The fourth-order valence-electron chi connectivity index (χ4n) is 3.60. The zero-order valence-corrected chi connectivity index (χ0v) is 15.6. The molecule has 1 saturated heterocycles. The van der Waals surface area contributed by atoms with Crippen molar-refractivity contribution in [3.63, 3.8) is 0 Å². The van der Waals surface area contributed by atoms with Gasteiger partial charge in [0.1, 0.15) is 5.69 Å². The van der Waals surface area contributed by atoms with E-state index in [9.17, 15) is 9.59 Å². The number of nitrogens with zero attached hydrogens (tertiary/aromatic N) is 4. The molecule has 138 valence electrons. The molecule has 0 unspecified atom stereocenters. The second-order valence-corrected chi connectivity index (χ2v) is 6.88. The number of amides is 1. The molecular formula is C21H22N4O2. The van der Waals surface area contributed by atoms with Crippen LogP contribution >= 0.6 is 0 Å². The van der Waals surface area contributed by atoms with Gasteiger partial charge in [0.2, 0.25) is 0 Å². The highest BCUT2D eigenvalue weighted by Crippen LogP contribution is 2.18. The van der Waals surface area contributed by atoms with Crippen LogP contribution in [0, 0.1) is 6.92 Å². The normalized spacial score (nSPS) is 14.6. The summed E-state index contributed by atoms with van der Waals surface area (Å²) >= 11 is 0. The van der Waals surface area contributed by atoms with Crippen LogP contribution in [0.3, 0.4) is 0 Å². The minimum absolute atomic E-state index is 0.0120. The molecule has 6 heteroatoms. The van der Waals surface area contributed by atoms with Gasteiger partial charge in [-0.2, -0.15) is 0 Å². The molecule has 0 radical (unpaired) electrons. The van der Waals surface area contributed by atoms with Crippen LogP contribution in [0.25, 0.3) is 11.0 Å². The summed E-state index contributed by atoms with van der Waals surface area (Å²) in [6.07, 6.45) is 0. The Balaban J connectivity index is 1.53. The first-order chi connectivity index (χ1) is 13.0. The fourth-order valence-corrected chi connectivity index (χ4v) is 3.60. The van der Waals surface area contributed by atoms with Crippen LogP contribution in [-0.4, -0.2) is 46.5 Å². The van der Waals surface area contributed by atoms with Crippen LogP contribution in [0.4, 0.5) is 5.69 Å². The van der Waals surface area contributed by atoms with Crippen LogP contribution < -0.4 is 10.5 Å². The lowest BCUT2D eigenvalue weighted by molar-refractivity contribution is 0.0747. The monoisotopic (exact) mass is 362 g/mol. The summed E-state index contributed by atoms with van der Waals surface area (Å²) in [6, 6.07) is 15.6. The van der Waals surface area contributed by atoms with Gasteiger partial charge in [-0.1, -0.05) is 18.2 Å². The first kappa shape index (κ1) is 17.3. The zero-order chi connectivity index (χ0) is 19.0. The van der Waals surface area contributed by atoms with E-state index in [4.69, 9.17) is 0 Å². The molecule has 3 aromatic rings. The predicted molar refractivity (Wildman–Crippen MR) is 106 cm³/mol. The maximum atomic E-state index is 12.9. The van der Waals surface area contributed by atoms with Crippen LogP contribution in [0.2, 0.25) is 0 Å². The Labute approximate surface area is 157 Å². The molecular weight excluding hydrogens is 340 g/mol. The van der Waals surface area contributed by atoms with Crippen LogP contribution in [0.1, 0.15) is 16.1 Å². The smallest absolute Gasteiger partial charge is 0.272 e. The average Bonchev–Trinajstić information content (AvgIpc) is 2.72. The van der Waals surface area contributed by atoms with Crippen molar-refractivity contribution >= 4 is 22.6 Å². The molecule has 4 rings (SSSR count). The maximum absolute atomic E-state index is 12.9. The lowest BCUT2D eigenvalue weighted by Crippen LogP contribution is -2.48. The number of benzene rings is 2. The number of aryl methyl sites for hydroxylation is 2. The molecule has 0 bridgehead atoms. The zero-order valence-electron chi connectivity index (χ0n) is 15.6. The van der Waals surface area contributed by atoms with Gasteiger partial charge in [0.15, 0.2) is 0 Å². The fraction of sp³-hybridized carbons (Fsp3) is 0.286.